The summed E-state index contributed by atoms with van der Waals surface area (Å²) in [6, 6.07) is 4.37. The van der Waals surface area contributed by atoms with Gasteiger partial charge in [-0.3, -0.25) is 0 Å². The molecular formula is C10H13NO4. The molecule has 0 saturated carbocycles. The molecule has 0 saturated heterocycles. The molecule has 5 nitrogen and oxygen atoms in total. The van der Waals surface area contributed by atoms with E-state index >= 15 is 0 Å². The third-order valence-corrected chi connectivity index (χ3v) is 1.74. The molecule has 82 valence electrons. The van der Waals surface area contributed by atoms with Gasteiger partial charge in [0.05, 0.1) is 0 Å². The lowest BCUT2D eigenvalue weighted by Crippen LogP contribution is -2.07. The SMILES string of the molecule is CCOCOc1cc(N)ccc1C(=O)O. The van der Waals surface area contributed by atoms with Crippen molar-refractivity contribution in [3.05, 3.63) is 23.8 Å². The topological polar surface area (TPSA) is 81.8 Å². The van der Waals surface area contributed by atoms with Gasteiger partial charge in [0.25, 0.3) is 0 Å². The lowest BCUT2D eigenvalue weighted by Gasteiger charge is -2.09. The lowest BCUT2D eigenvalue weighted by atomic mass is 10.2. The Hall–Kier alpha value is -1.75. The molecule has 3 N–H and O–H groups in total. The van der Waals surface area contributed by atoms with Gasteiger partial charge in [-0.25, -0.2) is 4.79 Å². The van der Waals surface area contributed by atoms with E-state index in [0.717, 1.165) is 0 Å². The molecule has 0 spiro atoms. The van der Waals surface area contributed by atoms with Crippen molar-refractivity contribution in [2.45, 2.75) is 6.92 Å². The number of rotatable bonds is 5. The molecule has 0 radical (unpaired) electrons. The molecule has 0 aliphatic rings. The zero-order chi connectivity index (χ0) is 11.3. The summed E-state index contributed by atoms with van der Waals surface area (Å²) in [4.78, 5) is 10.8. The molecule has 0 aliphatic heterocycles. The standard InChI is InChI=1S/C10H13NO4/c1-2-14-6-15-9-5-7(11)3-4-8(9)10(12)13/h3-5H,2,6,11H2,1H3,(H,12,13). The molecule has 0 aromatic heterocycles. The maximum Gasteiger partial charge on any atom is 0.339 e. The van der Waals surface area contributed by atoms with E-state index in [1.165, 1.54) is 18.2 Å². The first-order valence-corrected chi connectivity index (χ1v) is 4.48. The van der Waals surface area contributed by atoms with Crippen LogP contribution in [0.2, 0.25) is 0 Å². The highest BCUT2D eigenvalue weighted by molar-refractivity contribution is 5.91. The summed E-state index contributed by atoms with van der Waals surface area (Å²) in [6.45, 7) is 2.34. The smallest absolute Gasteiger partial charge is 0.339 e. The van der Waals surface area contributed by atoms with Gasteiger partial charge in [0.1, 0.15) is 11.3 Å². The van der Waals surface area contributed by atoms with Crippen LogP contribution in [0.5, 0.6) is 5.75 Å². The van der Waals surface area contributed by atoms with Crippen molar-refractivity contribution < 1.29 is 19.4 Å². The summed E-state index contributed by atoms with van der Waals surface area (Å²) in [5.74, 6) is -0.836. The zero-order valence-corrected chi connectivity index (χ0v) is 8.40. The molecule has 0 amide bonds. The molecule has 0 unspecified atom stereocenters. The Morgan fingerprint density at radius 3 is 2.87 bits per heavy atom. The Bertz CT molecular complexity index is 351. The van der Waals surface area contributed by atoms with Crippen molar-refractivity contribution >= 4 is 11.7 Å². The molecule has 0 bridgehead atoms. The van der Waals surface area contributed by atoms with Gasteiger partial charge in [-0.2, -0.15) is 0 Å². The number of ether oxygens (including phenoxy) is 2. The summed E-state index contributed by atoms with van der Waals surface area (Å²) in [5.41, 5.74) is 6.04. The second-order valence-electron chi connectivity index (χ2n) is 2.82. The van der Waals surface area contributed by atoms with Crippen LogP contribution in [-0.4, -0.2) is 24.5 Å². The number of carboxylic acids is 1. The van der Waals surface area contributed by atoms with Gasteiger partial charge in [0, 0.05) is 18.4 Å². The Labute approximate surface area is 87.4 Å². The van der Waals surface area contributed by atoms with Crippen LogP contribution in [0.4, 0.5) is 5.69 Å². The molecule has 1 aromatic rings. The van der Waals surface area contributed by atoms with Crippen LogP contribution < -0.4 is 10.5 Å². The van der Waals surface area contributed by atoms with E-state index in [0.29, 0.717) is 12.3 Å². The number of benzene rings is 1. The van der Waals surface area contributed by atoms with Crippen molar-refractivity contribution in [3.8, 4) is 5.75 Å². The molecule has 1 rings (SSSR count). The normalized spacial score (nSPS) is 9.93. The molecular weight excluding hydrogens is 198 g/mol. The molecule has 0 fully saturated rings. The fourth-order valence-corrected chi connectivity index (χ4v) is 1.02. The van der Waals surface area contributed by atoms with Gasteiger partial charge in [0.15, 0.2) is 6.79 Å². The molecule has 0 heterocycles. The molecule has 5 heteroatoms. The molecule has 0 aliphatic carbocycles. The first-order valence-electron chi connectivity index (χ1n) is 4.48. The van der Waals surface area contributed by atoms with Crippen LogP contribution in [0.3, 0.4) is 0 Å². The minimum absolute atomic E-state index is 0.0141. The third kappa shape index (κ3) is 3.14. The first kappa shape index (κ1) is 11.3. The number of carboxylic acid groups (broad SMARTS) is 1. The molecule has 0 atom stereocenters. The minimum atomic E-state index is -1.05. The van der Waals surface area contributed by atoms with E-state index in [4.69, 9.17) is 20.3 Å². The van der Waals surface area contributed by atoms with E-state index in [1.807, 2.05) is 6.92 Å². The summed E-state index contributed by atoms with van der Waals surface area (Å²) in [6.07, 6.45) is 0. The highest BCUT2D eigenvalue weighted by Gasteiger charge is 2.11. The van der Waals surface area contributed by atoms with Crippen LogP contribution in [0.1, 0.15) is 17.3 Å². The number of aromatic carboxylic acids is 1. The quantitative estimate of drug-likeness (QED) is 0.436. The van der Waals surface area contributed by atoms with E-state index in [-0.39, 0.29) is 18.1 Å². The van der Waals surface area contributed by atoms with E-state index in [9.17, 15) is 4.79 Å². The van der Waals surface area contributed by atoms with Crippen molar-refractivity contribution in [2.75, 3.05) is 19.1 Å². The number of hydrogen-bond donors (Lipinski definition) is 2. The van der Waals surface area contributed by atoms with Crippen molar-refractivity contribution in [1.29, 1.82) is 0 Å². The second kappa shape index (κ2) is 5.21. The fourth-order valence-electron chi connectivity index (χ4n) is 1.02. The Morgan fingerprint density at radius 2 is 2.27 bits per heavy atom. The molecule has 1 aromatic carbocycles. The van der Waals surface area contributed by atoms with E-state index in [1.54, 1.807) is 0 Å². The Kier molecular flexibility index (Phi) is 3.93. The number of hydrogen-bond acceptors (Lipinski definition) is 4. The van der Waals surface area contributed by atoms with E-state index < -0.39 is 5.97 Å². The van der Waals surface area contributed by atoms with E-state index in [2.05, 4.69) is 0 Å². The van der Waals surface area contributed by atoms with Crippen molar-refractivity contribution in [2.24, 2.45) is 0 Å². The predicted molar refractivity (Wildman–Crippen MR) is 54.9 cm³/mol. The number of nitrogens with two attached hydrogens (primary N) is 1. The van der Waals surface area contributed by atoms with Crippen molar-refractivity contribution in [3.63, 3.8) is 0 Å². The highest BCUT2D eigenvalue weighted by Crippen LogP contribution is 2.21. The second-order valence-corrected chi connectivity index (χ2v) is 2.82. The van der Waals surface area contributed by atoms with Crippen LogP contribution in [0.15, 0.2) is 18.2 Å². The van der Waals surface area contributed by atoms with Crippen LogP contribution in [0, 0.1) is 0 Å². The van der Waals surface area contributed by atoms with Gasteiger partial charge < -0.3 is 20.3 Å². The van der Waals surface area contributed by atoms with Crippen LogP contribution in [-0.2, 0) is 4.74 Å². The van der Waals surface area contributed by atoms with Gasteiger partial charge in [-0.05, 0) is 19.1 Å². The zero-order valence-electron chi connectivity index (χ0n) is 8.40. The first-order chi connectivity index (χ1) is 7.15. The minimum Gasteiger partial charge on any atom is -0.478 e. The van der Waals surface area contributed by atoms with Crippen molar-refractivity contribution in [1.82, 2.24) is 0 Å². The third-order valence-electron chi connectivity index (χ3n) is 1.74. The summed E-state index contributed by atoms with van der Waals surface area (Å²) < 4.78 is 10.1. The number of anilines is 1. The maximum absolute atomic E-state index is 10.8. The average molecular weight is 211 g/mol. The van der Waals surface area contributed by atoms with Gasteiger partial charge in [0.2, 0.25) is 0 Å². The Morgan fingerprint density at radius 1 is 1.53 bits per heavy atom. The molecule has 15 heavy (non-hydrogen) atoms. The Balaban J connectivity index is 2.82. The van der Waals surface area contributed by atoms with Crippen LogP contribution >= 0.6 is 0 Å². The predicted octanol–water partition coefficient (Wildman–Crippen LogP) is 1.34. The van der Waals surface area contributed by atoms with Gasteiger partial charge in [-0.1, -0.05) is 0 Å². The number of nitrogen functional groups attached to an aromatic ring is 1. The summed E-state index contributed by atoms with van der Waals surface area (Å²) in [5, 5.41) is 8.85. The fraction of sp³-hybridized carbons (Fsp3) is 0.300. The largest absolute Gasteiger partial charge is 0.478 e. The average Bonchev–Trinajstić information content (AvgIpc) is 2.18. The number of carbonyl (C=O) groups is 1. The van der Waals surface area contributed by atoms with Gasteiger partial charge >= 0.3 is 5.97 Å². The monoisotopic (exact) mass is 211 g/mol. The maximum atomic E-state index is 10.8. The lowest BCUT2D eigenvalue weighted by molar-refractivity contribution is 0.0214. The van der Waals surface area contributed by atoms with Gasteiger partial charge in [-0.15, -0.1) is 0 Å². The highest BCUT2D eigenvalue weighted by atomic mass is 16.7. The van der Waals surface area contributed by atoms with Crippen LogP contribution in [0.25, 0.3) is 0 Å². The summed E-state index contributed by atoms with van der Waals surface area (Å²) in [7, 11) is 0. The summed E-state index contributed by atoms with van der Waals surface area (Å²) >= 11 is 0.